The molecular weight excluding hydrogens is 449 g/mol. The summed E-state index contributed by atoms with van der Waals surface area (Å²) >= 11 is 0. The van der Waals surface area contributed by atoms with Gasteiger partial charge in [-0.15, -0.1) is 0 Å². The van der Waals surface area contributed by atoms with Crippen LogP contribution in [0, 0.1) is 11.2 Å². The van der Waals surface area contributed by atoms with Gasteiger partial charge in [-0.1, -0.05) is 45.0 Å². The second-order valence-corrected chi connectivity index (χ2v) is 11.0. The summed E-state index contributed by atoms with van der Waals surface area (Å²) in [5.41, 5.74) is 1.20. The lowest BCUT2D eigenvalue weighted by molar-refractivity contribution is -0.143. The topological polar surface area (TPSA) is 99.5 Å². The van der Waals surface area contributed by atoms with Gasteiger partial charge in [0.2, 0.25) is 11.8 Å². The predicted molar refractivity (Wildman–Crippen MR) is 131 cm³/mol. The highest BCUT2D eigenvalue weighted by molar-refractivity contribution is 5.91. The minimum absolute atomic E-state index is 0.142. The molecule has 190 valence electrons. The lowest BCUT2D eigenvalue weighted by Crippen LogP contribution is -2.59. The van der Waals surface area contributed by atoms with Crippen LogP contribution in [0.1, 0.15) is 52.0 Å². The van der Waals surface area contributed by atoms with Gasteiger partial charge in [-0.3, -0.25) is 14.3 Å². The van der Waals surface area contributed by atoms with Crippen molar-refractivity contribution < 1.29 is 19.1 Å². The zero-order chi connectivity index (χ0) is 25.5. The van der Waals surface area contributed by atoms with Crippen LogP contribution in [-0.2, 0) is 22.2 Å². The lowest BCUT2D eigenvalue weighted by atomic mass is 9.71. The number of amides is 2. The van der Waals surface area contributed by atoms with Crippen LogP contribution in [0.2, 0.25) is 0 Å². The van der Waals surface area contributed by atoms with Crippen LogP contribution < -0.4 is 10.6 Å². The number of likely N-dealkylation sites (tertiary alicyclic amines) is 1. The Bertz CT molecular complexity index is 1070. The Morgan fingerprint density at radius 2 is 1.89 bits per heavy atom. The van der Waals surface area contributed by atoms with E-state index in [0.29, 0.717) is 11.3 Å². The summed E-state index contributed by atoms with van der Waals surface area (Å²) in [4.78, 5) is 28.4. The number of aliphatic hydroxyl groups is 1. The van der Waals surface area contributed by atoms with E-state index in [-0.39, 0.29) is 36.0 Å². The quantitative estimate of drug-likeness (QED) is 0.583. The number of benzene rings is 1. The molecular formula is C26H36FN5O3. The van der Waals surface area contributed by atoms with Crippen molar-refractivity contribution in [3.8, 4) is 11.3 Å². The van der Waals surface area contributed by atoms with Gasteiger partial charge in [-0.2, -0.15) is 5.10 Å². The van der Waals surface area contributed by atoms with E-state index in [1.807, 2.05) is 45.0 Å². The molecule has 2 heterocycles. The molecule has 8 nitrogen and oxygen atoms in total. The van der Waals surface area contributed by atoms with Gasteiger partial charge in [0.1, 0.15) is 11.7 Å². The summed E-state index contributed by atoms with van der Waals surface area (Å²) in [5, 5.41) is 20.6. The number of β-amino-alcohol motifs (C(OH)–C–C–N with tert-alkyl or cyclic N) is 1. The van der Waals surface area contributed by atoms with Crippen LogP contribution in [0.4, 0.5) is 4.39 Å². The van der Waals surface area contributed by atoms with Crippen molar-refractivity contribution >= 4 is 11.8 Å². The maximum Gasteiger partial charge on any atom is 0.243 e. The lowest BCUT2D eigenvalue weighted by Gasteiger charge is -2.44. The maximum atomic E-state index is 14.1. The molecule has 0 bridgehead atoms. The SMILES string of the molecule is CNC(C(=O)N1C[C@H](O)C[C@H]1C(=O)NC1(c2ccc(-c3c(F)cnn3C)cc2)CCC1)C(C)(C)C. The molecule has 2 amide bonds. The van der Waals surface area contributed by atoms with E-state index in [1.165, 1.54) is 15.8 Å². The van der Waals surface area contributed by atoms with E-state index < -0.39 is 23.7 Å². The number of likely N-dealkylation sites (N-methyl/N-ethyl adjacent to an activating group) is 1. The molecule has 1 aliphatic carbocycles. The third-order valence-electron chi connectivity index (χ3n) is 7.44. The zero-order valence-corrected chi connectivity index (χ0v) is 21.1. The number of halogens is 1. The second-order valence-electron chi connectivity index (χ2n) is 11.0. The van der Waals surface area contributed by atoms with Crippen molar-refractivity contribution in [2.24, 2.45) is 12.5 Å². The molecule has 1 aromatic carbocycles. The first-order valence-electron chi connectivity index (χ1n) is 12.2. The number of hydrogen-bond acceptors (Lipinski definition) is 5. The van der Waals surface area contributed by atoms with Gasteiger partial charge < -0.3 is 20.6 Å². The number of carbonyl (C=O) groups excluding carboxylic acids is 2. The minimum Gasteiger partial charge on any atom is -0.391 e. The highest BCUT2D eigenvalue weighted by Crippen LogP contribution is 2.42. The predicted octanol–water partition coefficient (Wildman–Crippen LogP) is 2.32. The molecule has 0 spiro atoms. The molecule has 1 aliphatic heterocycles. The van der Waals surface area contributed by atoms with Crippen molar-refractivity contribution in [1.82, 2.24) is 25.3 Å². The molecule has 1 saturated carbocycles. The van der Waals surface area contributed by atoms with Crippen LogP contribution >= 0.6 is 0 Å². The number of carbonyl (C=O) groups is 2. The molecule has 35 heavy (non-hydrogen) atoms. The normalized spacial score (nSPS) is 22.5. The van der Waals surface area contributed by atoms with Crippen molar-refractivity contribution in [1.29, 1.82) is 0 Å². The number of hydrogen-bond donors (Lipinski definition) is 3. The fourth-order valence-electron chi connectivity index (χ4n) is 5.42. The van der Waals surface area contributed by atoms with E-state index in [9.17, 15) is 19.1 Å². The van der Waals surface area contributed by atoms with Crippen molar-refractivity contribution in [2.75, 3.05) is 13.6 Å². The summed E-state index contributed by atoms with van der Waals surface area (Å²) in [6, 6.07) is 6.33. The third-order valence-corrected chi connectivity index (χ3v) is 7.44. The molecule has 0 radical (unpaired) electrons. The van der Waals surface area contributed by atoms with Crippen LogP contribution in [0.5, 0.6) is 0 Å². The van der Waals surface area contributed by atoms with Gasteiger partial charge in [0, 0.05) is 25.6 Å². The van der Waals surface area contributed by atoms with Crippen LogP contribution in [-0.4, -0.2) is 63.4 Å². The van der Waals surface area contributed by atoms with Gasteiger partial charge in [0.05, 0.1) is 23.9 Å². The first-order chi connectivity index (χ1) is 16.5. The zero-order valence-electron chi connectivity index (χ0n) is 21.1. The smallest absolute Gasteiger partial charge is 0.243 e. The summed E-state index contributed by atoms with van der Waals surface area (Å²) in [6.07, 6.45) is 3.20. The second kappa shape index (κ2) is 9.35. The van der Waals surface area contributed by atoms with E-state index >= 15 is 0 Å². The maximum absolute atomic E-state index is 14.1. The monoisotopic (exact) mass is 485 g/mol. The number of nitrogens with one attached hydrogen (secondary N) is 2. The molecule has 1 aromatic heterocycles. The number of aromatic nitrogens is 2. The van der Waals surface area contributed by atoms with E-state index in [1.54, 1.807) is 14.1 Å². The summed E-state index contributed by atoms with van der Waals surface area (Å²) < 4.78 is 15.6. The molecule has 2 aromatic rings. The Morgan fingerprint density at radius 1 is 1.23 bits per heavy atom. The number of rotatable bonds is 6. The highest BCUT2D eigenvalue weighted by Gasteiger charge is 2.47. The van der Waals surface area contributed by atoms with Crippen molar-refractivity contribution in [2.45, 2.75) is 70.2 Å². The Kier molecular flexibility index (Phi) is 6.76. The molecule has 1 saturated heterocycles. The van der Waals surface area contributed by atoms with E-state index in [0.717, 1.165) is 24.8 Å². The fourth-order valence-corrected chi connectivity index (χ4v) is 5.42. The number of aliphatic hydroxyl groups excluding tert-OH is 1. The fraction of sp³-hybridized carbons (Fsp3) is 0.577. The van der Waals surface area contributed by atoms with Gasteiger partial charge in [0.25, 0.3) is 0 Å². The first kappa shape index (κ1) is 25.3. The Hall–Kier alpha value is -2.78. The molecule has 2 aliphatic rings. The Balaban J connectivity index is 1.54. The standard InChI is InChI=1S/C26H36FN5O3/c1-25(2,3)22(28-4)24(35)32-15-18(33)13-20(32)23(34)30-26(11-6-12-26)17-9-7-16(8-10-17)21-19(27)14-29-31(21)5/h7-10,14,18,20,22,28,33H,6,11-13,15H2,1-5H3,(H,30,34)/t18-,20+,22?/m1/s1. The average molecular weight is 486 g/mol. The highest BCUT2D eigenvalue weighted by atomic mass is 19.1. The van der Waals surface area contributed by atoms with Crippen molar-refractivity contribution in [3.63, 3.8) is 0 Å². The van der Waals surface area contributed by atoms with Gasteiger partial charge in [-0.25, -0.2) is 4.39 Å². The molecule has 3 N–H and O–H groups in total. The van der Waals surface area contributed by atoms with Crippen LogP contribution in [0.15, 0.2) is 30.5 Å². The Morgan fingerprint density at radius 3 is 2.37 bits per heavy atom. The minimum atomic E-state index is -0.738. The molecule has 1 unspecified atom stereocenters. The van der Waals surface area contributed by atoms with E-state index in [4.69, 9.17) is 0 Å². The Labute approximate surface area is 205 Å². The van der Waals surface area contributed by atoms with Gasteiger partial charge in [0.15, 0.2) is 5.82 Å². The molecule has 2 fully saturated rings. The number of nitrogens with zero attached hydrogens (tertiary/aromatic N) is 3. The average Bonchev–Trinajstić information content (AvgIpc) is 3.32. The molecule has 3 atom stereocenters. The first-order valence-corrected chi connectivity index (χ1v) is 12.2. The van der Waals surface area contributed by atoms with Crippen LogP contribution in [0.3, 0.4) is 0 Å². The summed E-state index contributed by atoms with van der Waals surface area (Å²) in [6.45, 7) is 6.05. The number of aryl methyl sites for hydroxylation is 1. The van der Waals surface area contributed by atoms with Gasteiger partial charge in [-0.05, 0) is 37.3 Å². The largest absolute Gasteiger partial charge is 0.391 e. The van der Waals surface area contributed by atoms with Crippen molar-refractivity contribution in [3.05, 3.63) is 41.8 Å². The van der Waals surface area contributed by atoms with E-state index in [2.05, 4.69) is 15.7 Å². The molecule has 9 heteroatoms. The summed E-state index contributed by atoms with van der Waals surface area (Å²) in [5.74, 6) is -0.811. The van der Waals surface area contributed by atoms with Crippen LogP contribution in [0.25, 0.3) is 11.3 Å². The summed E-state index contributed by atoms with van der Waals surface area (Å²) in [7, 11) is 3.43. The van der Waals surface area contributed by atoms with Gasteiger partial charge >= 0.3 is 0 Å². The third kappa shape index (κ3) is 4.71. The molecule has 4 rings (SSSR count).